The van der Waals surface area contributed by atoms with Crippen LogP contribution in [0.15, 0.2) is 59.0 Å². The molecule has 0 N–H and O–H groups in total. The monoisotopic (exact) mass is 466 g/mol. The fourth-order valence-electron chi connectivity index (χ4n) is 5.11. The maximum atomic E-state index is 6.47. The largest absolute Gasteiger partial charge is 0.455 e. The maximum Gasteiger partial charge on any atom is 0.217 e. The number of aromatic nitrogens is 1. The number of furan rings is 1. The zero-order chi connectivity index (χ0) is 24.6. The average molecular weight is 467 g/mol. The number of nitrogens with zero attached hydrogens (tertiary/aromatic N) is 1. The number of rotatable bonds is 2. The van der Waals surface area contributed by atoms with E-state index in [4.69, 9.17) is 4.42 Å². The number of hydrogen-bond donors (Lipinski definition) is 0. The van der Waals surface area contributed by atoms with Crippen LogP contribution < -0.4 is 9.75 Å². The molecule has 0 atom stereocenters. The van der Waals surface area contributed by atoms with Crippen molar-refractivity contribution in [2.24, 2.45) is 7.05 Å². The SMILES string of the molecule is Cc1cc2c(oc3ccccc32)c(-c2cc(C)c3cc([Si](C)(C)C(C)(C)C)ccc3[n+]2C)c1C. The Morgan fingerprint density at radius 2 is 1.50 bits per heavy atom. The number of para-hydroxylation sites is 1. The maximum absolute atomic E-state index is 6.47. The highest BCUT2D eigenvalue weighted by Gasteiger charge is 2.37. The molecule has 0 aliphatic heterocycles. The molecule has 2 nitrogen and oxygen atoms in total. The van der Waals surface area contributed by atoms with Gasteiger partial charge in [-0.25, -0.2) is 0 Å². The number of aryl methyl sites for hydroxylation is 3. The quantitative estimate of drug-likeness (QED) is 0.191. The molecule has 174 valence electrons. The number of hydrogen-bond acceptors (Lipinski definition) is 1. The van der Waals surface area contributed by atoms with Crippen LogP contribution in [0.5, 0.6) is 0 Å². The Hall–Kier alpha value is -2.91. The van der Waals surface area contributed by atoms with Gasteiger partial charge < -0.3 is 4.42 Å². The van der Waals surface area contributed by atoms with E-state index >= 15 is 0 Å². The molecule has 3 heteroatoms. The predicted molar refractivity (Wildman–Crippen MR) is 149 cm³/mol. The van der Waals surface area contributed by atoms with E-state index in [1.54, 1.807) is 0 Å². The van der Waals surface area contributed by atoms with Crippen molar-refractivity contribution in [3.8, 4) is 11.3 Å². The van der Waals surface area contributed by atoms with Gasteiger partial charge in [-0.2, -0.15) is 4.57 Å². The van der Waals surface area contributed by atoms with E-state index in [0.717, 1.165) is 11.2 Å². The lowest BCUT2D eigenvalue weighted by Crippen LogP contribution is -2.49. The highest BCUT2D eigenvalue weighted by atomic mass is 28.3. The molecule has 0 unspecified atom stereocenters. The molecule has 0 saturated heterocycles. The highest BCUT2D eigenvalue weighted by Crippen LogP contribution is 2.40. The summed E-state index contributed by atoms with van der Waals surface area (Å²) in [5.41, 5.74) is 9.48. The van der Waals surface area contributed by atoms with Gasteiger partial charge in [-0.3, -0.25) is 0 Å². The van der Waals surface area contributed by atoms with Crippen LogP contribution in [0.2, 0.25) is 18.1 Å². The molecular formula is C31H36NOSi+. The molecule has 0 bridgehead atoms. The third-order valence-corrected chi connectivity index (χ3v) is 14.0. The van der Waals surface area contributed by atoms with Crippen molar-refractivity contribution in [3.05, 3.63) is 71.3 Å². The van der Waals surface area contributed by atoms with E-state index in [-0.39, 0.29) is 0 Å². The average Bonchev–Trinajstić information content (AvgIpc) is 3.14. The Morgan fingerprint density at radius 1 is 0.794 bits per heavy atom. The zero-order valence-corrected chi connectivity index (χ0v) is 23.1. The summed E-state index contributed by atoms with van der Waals surface area (Å²) < 4.78 is 8.83. The molecule has 0 spiro atoms. The van der Waals surface area contributed by atoms with Gasteiger partial charge in [0.2, 0.25) is 11.2 Å². The Balaban J connectivity index is 1.82. The van der Waals surface area contributed by atoms with Crippen LogP contribution >= 0.6 is 0 Å². The Kier molecular flexibility index (Phi) is 5.07. The van der Waals surface area contributed by atoms with Crippen molar-refractivity contribution in [2.75, 3.05) is 0 Å². The molecule has 0 aliphatic rings. The first-order chi connectivity index (χ1) is 15.9. The van der Waals surface area contributed by atoms with Gasteiger partial charge in [0, 0.05) is 28.3 Å². The standard InChI is InChI=1S/C31H36NOSi/c1-19-16-25-23-12-10-11-13-28(23)33-30(25)29(21(19)3)27-17-20(2)24-18-22(14-15-26(24)32(27)7)34(8,9)31(4,5)6/h10-18H,1-9H3/q+1. The van der Waals surface area contributed by atoms with Crippen LogP contribution in [-0.2, 0) is 7.05 Å². The minimum atomic E-state index is -1.61. The van der Waals surface area contributed by atoms with E-state index in [1.807, 2.05) is 6.07 Å². The molecule has 2 aromatic heterocycles. The third kappa shape index (κ3) is 3.25. The molecule has 0 saturated carbocycles. The first kappa shape index (κ1) is 22.9. The van der Waals surface area contributed by atoms with Gasteiger partial charge in [-0.1, -0.05) is 63.3 Å². The Labute approximate surface area is 204 Å². The summed E-state index contributed by atoms with van der Waals surface area (Å²) in [5.74, 6) is 0. The van der Waals surface area contributed by atoms with Crippen molar-refractivity contribution in [1.82, 2.24) is 0 Å². The molecule has 3 aromatic carbocycles. The van der Waals surface area contributed by atoms with Gasteiger partial charge >= 0.3 is 0 Å². The van der Waals surface area contributed by atoms with Crippen molar-refractivity contribution in [2.45, 2.75) is 59.7 Å². The van der Waals surface area contributed by atoms with Gasteiger partial charge in [0.05, 0.1) is 13.6 Å². The molecular weight excluding hydrogens is 430 g/mol. The van der Waals surface area contributed by atoms with E-state index in [9.17, 15) is 0 Å². The molecule has 2 heterocycles. The summed E-state index contributed by atoms with van der Waals surface area (Å²) >= 11 is 0. The molecule has 5 rings (SSSR count). The molecule has 0 aliphatic carbocycles. The van der Waals surface area contributed by atoms with E-state index in [2.05, 4.69) is 115 Å². The lowest BCUT2D eigenvalue weighted by molar-refractivity contribution is -0.633. The van der Waals surface area contributed by atoms with Gasteiger partial charge in [0.25, 0.3) is 0 Å². The minimum Gasteiger partial charge on any atom is -0.455 e. The Morgan fingerprint density at radius 3 is 2.21 bits per heavy atom. The summed E-state index contributed by atoms with van der Waals surface area (Å²) in [6.45, 7) is 18.8. The smallest absolute Gasteiger partial charge is 0.217 e. The summed E-state index contributed by atoms with van der Waals surface area (Å²) in [7, 11) is 0.582. The van der Waals surface area contributed by atoms with Crippen LogP contribution in [0, 0.1) is 20.8 Å². The van der Waals surface area contributed by atoms with Crippen molar-refractivity contribution in [1.29, 1.82) is 0 Å². The summed E-state index contributed by atoms with van der Waals surface area (Å²) in [6.07, 6.45) is 0. The molecule has 5 aromatic rings. The number of fused-ring (bicyclic) bond motifs is 4. The fraction of sp³-hybridized carbons (Fsp3) is 0.323. The molecule has 0 amide bonds. The van der Waals surface area contributed by atoms with Crippen LogP contribution in [-0.4, -0.2) is 8.07 Å². The fourth-order valence-corrected chi connectivity index (χ4v) is 6.98. The topological polar surface area (TPSA) is 17.0 Å². The van der Waals surface area contributed by atoms with Crippen molar-refractivity contribution in [3.63, 3.8) is 0 Å². The van der Waals surface area contributed by atoms with Crippen LogP contribution in [0.4, 0.5) is 0 Å². The van der Waals surface area contributed by atoms with E-state index in [0.29, 0.717) is 5.04 Å². The summed E-state index contributed by atoms with van der Waals surface area (Å²) in [5, 5.41) is 5.55. The molecule has 0 radical (unpaired) electrons. The van der Waals surface area contributed by atoms with Gasteiger partial charge in [0.1, 0.15) is 18.2 Å². The van der Waals surface area contributed by atoms with E-state index < -0.39 is 8.07 Å². The highest BCUT2D eigenvalue weighted by molar-refractivity contribution is 6.92. The van der Waals surface area contributed by atoms with Crippen LogP contribution in [0.25, 0.3) is 44.1 Å². The van der Waals surface area contributed by atoms with E-state index in [1.165, 1.54) is 54.8 Å². The Bertz CT molecular complexity index is 1600. The normalized spacial score (nSPS) is 12.9. The van der Waals surface area contributed by atoms with Crippen LogP contribution in [0.1, 0.15) is 37.5 Å². The first-order valence-electron chi connectivity index (χ1n) is 12.3. The lowest BCUT2D eigenvalue weighted by Gasteiger charge is -2.37. The molecule has 0 fully saturated rings. The van der Waals surface area contributed by atoms with Crippen molar-refractivity contribution >= 4 is 46.1 Å². The second-order valence-electron chi connectivity index (χ2n) is 11.5. The van der Waals surface area contributed by atoms with Crippen molar-refractivity contribution < 1.29 is 8.98 Å². The summed E-state index contributed by atoms with van der Waals surface area (Å²) in [6, 6.07) is 20.2. The number of benzene rings is 3. The van der Waals surface area contributed by atoms with Crippen LogP contribution in [0.3, 0.4) is 0 Å². The third-order valence-electron chi connectivity index (χ3n) is 8.54. The van der Waals surface area contributed by atoms with Gasteiger partial charge in [-0.15, -0.1) is 0 Å². The summed E-state index contributed by atoms with van der Waals surface area (Å²) in [4.78, 5) is 0. The first-order valence-corrected chi connectivity index (χ1v) is 15.3. The second-order valence-corrected chi connectivity index (χ2v) is 16.9. The lowest BCUT2D eigenvalue weighted by atomic mass is 9.95. The zero-order valence-electron chi connectivity index (χ0n) is 22.1. The second kappa shape index (κ2) is 7.54. The van der Waals surface area contributed by atoms with Gasteiger partial charge in [0.15, 0.2) is 0 Å². The number of pyridine rings is 1. The van der Waals surface area contributed by atoms with Gasteiger partial charge in [-0.05, 0) is 60.7 Å². The minimum absolute atomic E-state index is 0.308. The predicted octanol–water partition coefficient (Wildman–Crippen LogP) is 7.87. The molecule has 34 heavy (non-hydrogen) atoms.